The van der Waals surface area contributed by atoms with Crippen molar-refractivity contribution < 1.29 is 4.74 Å². The Morgan fingerprint density at radius 1 is 1.12 bits per heavy atom. The third-order valence-electron chi connectivity index (χ3n) is 4.07. The Bertz CT molecular complexity index is 1010. The number of aryl methyl sites for hydroxylation is 1. The fourth-order valence-electron chi connectivity index (χ4n) is 2.71. The highest BCUT2D eigenvalue weighted by atomic mass is 35.5. The van der Waals surface area contributed by atoms with E-state index in [4.69, 9.17) is 16.3 Å². The molecule has 0 aliphatic carbocycles. The van der Waals surface area contributed by atoms with Crippen molar-refractivity contribution >= 4 is 11.6 Å². The number of hydrogen-bond donors (Lipinski definition) is 1. The summed E-state index contributed by atoms with van der Waals surface area (Å²) in [4.78, 5) is 26.4. The molecule has 3 rings (SSSR count). The van der Waals surface area contributed by atoms with Crippen LogP contribution >= 0.6 is 11.6 Å². The molecule has 0 unspecified atom stereocenters. The van der Waals surface area contributed by atoms with Gasteiger partial charge < -0.3 is 9.72 Å². The summed E-state index contributed by atoms with van der Waals surface area (Å²) >= 11 is 6.13. The first-order valence-electron chi connectivity index (χ1n) is 8.29. The van der Waals surface area contributed by atoms with Crippen molar-refractivity contribution in [2.75, 3.05) is 6.61 Å². The zero-order valence-corrected chi connectivity index (χ0v) is 15.1. The van der Waals surface area contributed by atoms with Gasteiger partial charge in [0.25, 0.3) is 5.56 Å². The molecule has 1 aromatic heterocycles. The van der Waals surface area contributed by atoms with Gasteiger partial charge in [-0.1, -0.05) is 41.9 Å². The van der Waals surface area contributed by atoms with Gasteiger partial charge >= 0.3 is 5.69 Å². The highest BCUT2D eigenvalue weighted by molar-refractivity contribution is 6.30. The number of aromatic amines is 1. The second-order valence-electron chi connectivity index (χ2n) is 6.00. The Morgan fingerprint density at radius 3 is 2.65 bits per heavy atom. The molecule has 0 saturated heterocycles. The van der Waals surface area contributed by atoms with E-state index < -0.39 is 5.69 Å². The van der Waals surface area contributed by atoms with Gasteiger partial charge in [0.05, 0.1) is 6.54 Å². The molecule has 1 N–H and O–H groups in total. The third kappa shape index (κ3) is 4.24. The van der Waals surface area contributed by atoms with Gasteiger partial charge in [0.2, 0.25) is 0 Å². The van der Waals surface area contributed by atoms with Crippen LogP contribution in [0.15, 0.2) is 64.3 Å². The summed E-state index contributed by atoms with van der Waals surface area (Å²) in [5.74, 6) is 0.690. The molecule has 0 saturated carbocycles. The van der Waals surface area contributed by atoms with E-state index in [0.29, 0.717) is 22.8 Å². The minimum atomic E-state index is -0.440. The van der Waals surface area contributed by atoms with Crippen LogP contribution in [-0.2, 0) is 13.0 Å². The van der Waals surface area contributed by atoms with Crippen LogP contribution in [0.2, 0.25) is 5.02 Å². The number of nitrogens with one attached hydrogen (secondary N) is 1. The smallest absolute Gasteiger partial charge is 0.328 e. The van der Waals surface area contributed by atoms with Crippen LogP contribution in [-0.4, -0.2) is 16.2 Å². The number of H-pyrrole nitrogens is 1. The molecule has 0 spiro atoms. The molecule has 0 aliphatic rings. The lowest BCUT2D eigenvalue weighted by atomic mass is 10.0. The van der Waals surface area contributed by atoms with E-state index in [9.17, 15) is 9.59 Å². The maximum atomic E-state index is 12.1. The summed E-state index contributed by atoms with van der Waals surface area (Å²) in [7, 11) is 0. The first-order chi connectivity index (χ1) is 12.5. The van der Waals surface area contributed by atoms with Crippen molar-refractivity contribution in [1.82, 2.24) is 9.55 Å². The van der Waals surface area contributed by atoms with Crippen LogP contribution in [0.3, 0.4) is 0 Å². The van der Waals surface area contributed by atoms with E-state index in [1.165, 1.54) is 6.20 Å². The first kappa shape index (κ1) is 18.0. The number of ether oxygens (including phenoxy) is 1. The van der Waals surface area contributed by atoms with E-state index in [1.54, 1.807) is 13.0 Å². The lowest BCUT2D eigenvalue weighted by molar-refractivity contribution is 0.291. The van der Waals surface area contributed by atoms with Gasteiger partial charge in [0.1, 0.15) is 12.4 Å². The second-order valence-corrected chi connectivity index (χ2v) is 6.43. The van der Waals surface area contributed by atoms with Crippen molar-refractivity contribution in [2.24, 2.45) is 0 Å². The molecular formula is C20H19ClN2O3. The maximum Gasteiger partial charge on any atom is 0.328 e. The van der Waals surface area contributed by atoms with Crippen LogP contribution in [0.4, 0.5) is 0 Å². The molecule has 1 heterocycles. The summed E-state index contributed by atoms with van der Waals surface area (Å²) in [5, 5.41) is 0.634. The van der Waals surface area contributed by atoms with Crippen LogP contribution in [0.25, 0.3) is 0 Å². The molecule has 0 amide bonds. The fourth-order valence-corrected chi connectivity index (χ4v) is 2.90. The van der Waals surface area contributed by atoms with Gasteiger partial charge in [0, 0.05) is 23.2 Å². The lowest BCUT2D eigenvalue weighted by Gasteiger charge is -2.13. The predicted molar refractivity (Wildman–Crippen MR) is 102 cm³/mol. The molecule has 0 atom stereocenters. The van der Waals surface area contributed by atoms with Gasteiger partial charge in [-0.3, -0.25) is 9.36 Å². The van der Waals surface area contributed by atoms with Crippen molar-refractivity contribution in [3.63, 3.8) is 0 Å². The van der Waals surface area contributed by atoms with Crippen LogP contribution < -0.4 is 16.0 Å². The number of halogens is 1. The first-order valence-corrected chi connectivity index (χ1v) is 8.66. The zero-order valence-electron chi connectivity index (χ0n) is 14.4. The highest BCUT2D eigenvalue weighted by Gasteiger charge is 2.08. The fraction of sp³-hybridized carbons (Fsp3) is 0.200. The van der Waals surface area contributed by atoms with Crippen LogP contribution in [0, 0.1) is 6.92 Å². The summed E-state index contributed by atoms with van der Waals surface area (Å²) in [6.07, 6.45) is 2.10. The largest absolute Gasteiger partial charge is 0.491 e. The minimum absolute atomic E-state index is 0.170. The molecule has 0 fully saturated rings. The van der Waals surface area contributed by atoms with E-state index in [-0.39, 0.29) is 18.7 Å². The third-order valence-corrected chi connectivity index (χ3v) is 4.31. The van der Waals surface area contributed by atoms with E-state index in [2.05, 4.69) is 4.98 Å². The SMILES string of the molecule is Cc1c[nH]c(=O)n(CCOc2ccc(Cl)cc2Cc2ccccc2)c1=O. The Balaban J connectivity index is 1.75. The Kier molecular flexibility index (Phi) is 5.58. The van der Waals surface area contributed by atoms with Gasteiger partial charge in [-0.15, -0.1) is 0 Å². The number of aromatic nitrogens is 2. The van der Waals surface area contributed by atoms with E-state index in [0.717, 1.165) is 15.7 Å². The topological polar surface area (TPSA) is 64.1 Å². The Hall–Kier alpha value is -2.79. The average Bonchev–Trinajstić information content (AvgIpc) is 2.64. The van der Waals surface area contributed by atoms with Gasteiger partial charge in [-0.2, -0.15) is 0 Å². The Labute approximate surface area is 155 Å². The van der Waals surface area contributed by atoms with Crippen LogP contribution in [0.5, 0.6) is 5.75 Å². The summed E-state index contributed by atoms with van der Waals surface area (Å²) in [6.45, 7) is 2.03. The molecule has 0 aliphatic heterocycles. The van der Waals surface area contributed by atoms with E-state index in [1.807, 2.05) is 42.5 Å². The lowest BCUT2D eigenvalue weighted by Crippen LogP contribution is -2.37. The number of hydrogen-bond acceptors (Lipinski definition) is 3. The molecule has 6 heteroatoms. The number of nitrogens with zero attached hydrogens (tertiary/aromatic N) is 1. The monoisotopic (exact) mass is 370 g/mol. The molecular weight excluding hydrogens is 352 g/mol. The van der Waals surface area contributed by atoms with E-state index >= 15 is 0 Å². The maximum absolute atomic E-state index is 12.1. The van der Waals surface area contributed by atoms with Gasteiger partial charge in [-0.05, 0) is 36.2 Å². The minimum Gasteiger partial charge on any atom is -0.491 e. The van der Waals surface area contributed by atoms with Gasteiger partial charge in [0.15, 0.2) is 0 Å². The second kappa shape index (κ2) is 8.06. The molecule has 0 radical (unpaired) electrons. The van der Waals surface area contributed by atoms with Crippen molar-refractivity contribution in [1.29, 1.82) is 0 Å². The average molecular weight is 371 g/mol. The van der Waals surface area contributed by atoms with Crippen molar-refractivity contribution in [3.05, 3.63) is 97.3 Å². The predicted octanol–water partition coefficient (Wildman–Crippen LogP) is 3.17. The molecule has 5 nitrogen and oxygen atoms in total. The zero-order chi connectivity index (χ0) is 18.5. The molecule has 3 aromatic rings. The summed E-state index contributed by atoms with van der Waals surface area (Å²) < 4.78 is 6.99. The van der Waals surface area contributed by atoms with Crippen molar-refractivity contribution in [3.8, 4) is 5.75 Å². The Morgan fingerprint density at radius 2 is 1.88 bits per heavy atom. The van der Waals surface area contributed by atoms with Crippen LogP contribution in [0.1, 0.15) is 16.7 Å². The molecule has 26 heavy (non-hydrogen) atoms. The normalized spacial score (nSPS) is 10.7. The molecule has 134 valence electrons. The molecule has 0 bridgehead atoms. The summed E-state index contributed by atoms with van der Waals surface area (Å²) in [6, 6.07) is 15.5. The summed E-state index contributed by atoms with van der Waals surface area (Å²) in [5.41, 5.74) is 1.84. The van der Waals surface area contributed by atoms with Gasteiger partial charge in [-0.25, -0.2) is 4.79 Å². The number of rotatable bonds is 6. The highest BCUT2D eigenvalue weighted by Crippen LogP contribution is 2.25. The van der Waals surface area contributed by atoms with Crippen molar-refractivity contribution in [2.45, 2.75) is 19.9 Å². The number of benzene rings is 2. The molecule has 2 aromatic carbocycles. The standard InChI is InChI=1S/C20H19ClN2O3/c1-14-13-22-20(25)23(19(14)24)9-10-26-18-8-7-17(21)12-16(18)11-15-5-3-2-4-6-15/h2-8,12-13H,9-11H2,1H3,(H,22,25). The quantitative estimate of drug-likeness (QED) is 0.724.